The zero-order valence-electron chi connectivity index (χ0n) is 10.9. The van der Waals surface area contributed by atoms with Crippen LogP contribution in [0, 0.1) is 11.3 Å². The highest BCUT2D eigenvalue weighted by Gasteiger charge is 2.12. The van der Waals surface area contributed by atoms with Gasteiger partial charge in [0, 0.05) is 12.3 Å². The molecule has 2 rings (SSSR count). The first-order chi connectivity index (χ1) is 10.0. The highest BCUT2D eigenvalue weighted by molar-refractivity contribution is 6.33. The lowest BCUT2D eigenvalue weighted by molar-refractivity contribution is 0.0697. The predicted molar refractivity (Wildman–Crippen MR) is 77.2 cm³/mol. The summed E-state index contributed by atoms with van der Waals surface area (Å²) in [5.41, 5.74) is 0.956. The van der Waals surface area contributed by atoms with Gasteiger partial charge in [0.25, 0.3) is 0 Å². The van der Waals surface area contributed by atoms with Gasteiger partial charge in [-0.2, -0.15) is 5.26 Å². The number of hydrogen-bond donors (Lipinski definition) is 2. The molecular weight excluding hydrogens is 294 g/mol. The molecule has 2 N–H and O–H groups in total. The van der Waals surface area contributed by atoms with Crippen molar-refractivity contribution in [3.8, 4) is 11.8 Å². The van der Waals surface area contributed by atoms with Crippen LogP contribution in [0.2, 0.25) is 5.02 Å². The van der Waals surface area contributed by atoms with Gasteiger partial charge in [-0.3, -0.25) is 0 Å². The summed E-state index contributed by atoms with van der Waals surface area (Å²) >= 11 is 5.76. The standard InChI is InChI=1S/C14H10ClN3O3/c1-21-12-4-8(6-16)2-3-11(12)18-13-5-9(14(19)20)10(15)7-17-13/h2-5,7H,1H3,(H,17,18)(H,19,20). The fourth-order valence-electron chi connectivity index (χ4n) is 1.67. The van der Waals surface area contributed by atoms with Crippen LogP contribution in [0.15, 0.2) is 30.5 Å². The second-order valence-electron chi connectivity index (χ2n) is 4.01. The van der Waals surface area contributed by atoms with Crippen LogP contribution in [0.3, 0.4) is 0 Å². The number of benzene rings is 1. The zero-order chi connectivity index (χ0) is 15.4. The van der Waals surface area contributed by atoms with Crippen LogP contribution in [-0.4, -0.2) is 23.2 Å². The first-order valence-corrected chi connectivity index (χ1v) is 6.17. The smallest absolute Gasteiger partial charge is 0.337 e. The van der Waals surface area contributed by atoms with E-state index in [1.54, 1.807) is 18.2 Å². The maximum Gasteiger partial charge on any atom is 0.337 e. The first-order valence-electron chi connectivity index (χ1n) is 5.79. The monoisotopic (exact) mass is 303 g/mol. The van der Waals surface area contributed by atoms with Crippen LogP contribution in [0.5, 0.6) is 5.75 Å². The van der Waals surface area contributed by atoms with Crippen molar-refractivity contribution in [1.82, 2.24) is 4.98 Å². The molecule has 0 unspecified atom stereocenters. The lowest BCUT2D eigenvalue weighted by Gasteiger charge is -2.11. The number of aromatic carboxylic acids is 1. The SMILES string of the molecule is COc1cc(C#N)ccc1Nc1cc(C(=O)O)c(Cl)cn1. The van der Waals surface area contributed by atoms with E-state index in [2.05, 4.69) is 10.3 Å². The number of pyridine rings is 1. The minimum absolute atomic E-state index is 0.0539. The molecule has 0 aliphatic carbocycles. The number of nitriles is 1. The van der Waals surface area contributed by atoms with E-state index in [9.17, 15) is 4.79 Å². The van der Waals surface area contributed by atoms with E-state index in [0.29, 0.717) is 22.8 Å². The number of aromatic nitrogens is 1. The fourth-order valence-corrected chi connectivity index (χ4v) is 1.86. The van der Waals surface area contributed by atoms with E-state index in [0.717, 1.165) is 0 Å². The Bertz CT molecular complexity index is 741. The number of nitrogens with one attached hydrogen (secondary N) is 1. The Labute approximate surface area is 125 Å². The molecule has 21 heavy (non-hydrogen) atoms. The second-order valence-corrected chi connectivity index (χ2v) is 4.41. The molecule has 0 bridgehead atoms. The number of anilines is 2. The predicted octanol–water partition coefficient (Wildman–Crippen LogP) is 3.06. The van der Waals surface area contributed by atoms with Crippen LogP contribution < -0.4 is 10.1 Å². The van der Waals surface area contributed by atoms with Gasteiger partial charge in [0.1, 0.15) is 11.6 Å². The van der Waals surface area contributed by atoms with Gasteiger partial charge in [-0.1, -0.05) is 11.6 Å². The minimum atomic E-state index is -1.14. The van der Waals surface area contributed by atoms with Crippen LogP contribution in [0.1, 0.15) is 15.9 Å². The first kappa shape index (κ1) is 14.6. The second kappa shape index (κ2) is 6.11. The van der Waals surface area contributed by atoms with Gasteiger partial charge in [0.2, 0.25) is 0 Å². The number of hydrogen-bond acceptors (Lipinski definition) is 5. The Kier molecular flexibility index (Phi) is 4.26. The Hall–Kier alpha value is -2.78. The van der Waals surface area contributed by atoms with Crippen molar-refractivity contribution in [3.63, 3.8) is 0 Å². The van der Waals surface area contributed by atoms with Crippen LogP contribution in [0.25, 0.3) is 0 Å². The Balaban J connectivity index is 2.37. The number of halogens is 1. The average molecular weight is 304 g/mol. The van der Waals surface area contributed by atoms with Gasteiger partial charge in [-0.05, 0) is 18.2 Å². The van der Waals surface area contributed by atoms with Crippen molar-refractivity contribution in [2.24, 2.45) is 0 Å². The third-order valence-electron chi connectivity index (χ3n) is 2.68. The number of carboxylic acid groups (broad SMARTS) is 1. The number of carboxylic acids is 1. The molecule has 0 radical (unpaired) electrons. The number of rotatable bonds is 4. The Morgan fingerprint density at radius 1 is 1.48 bits per heavy atom. The number of methoxy groups -OCH3 is 1. The normalized spacial score (nSPS) is 9.76. The summed E-state index contributed by atoms with van der Waals surface area (Å²) in [7, 11) is 1.47. The van der Waals surface area contributed by atoms with E-state index in [1.807, 2.05) is 6.07 Å². The molecule has 106 valence electrons. The molecule has 6 nitrogen and oxygen atoms in total. The Morgan fingerprint density at radius 2 is 2.24 bits per heavy atom. The Morgan fingerprint density at radius 3 is 2.86 bits per heavy atom. The zero-order valence-corrected chi connectivity index (χ0v) is 11.7. The van der Waals surface area contributed by atoms with E-state index < -0.39 is 5.97 Å². The molecule has 0 amide bonds. The summed E-state index contributed by atoms with van der Waals surface area (Å²) in [6.07, 6.45) is 1.25. The highest BCUT2D eigenvalue weighted by Crippen LogP contribution is 2.29. The summed E-state index contributed by atoms with van der Waals surface area (Å²) in [5.74, 6) is -0.389. The van der Waals surface area contributed by atoms with Crippen molar-refractivity contribution < 1.29 is 14.6 Å². The molecular formula is C14H10ClN3O3. The topological polar surface area (TPSA) is 95.2 Å². The lowest BCUT2D eigenvalue weighted by atomic mass is 10.2. The van der Waals surface area contributed by atoms with Crippen molar-refractivity contribution >= 4 is 29.1 Å². The molecule has 0 atom stereocenters. The molecule has 0 saturated heterocycles. The van der Waals surface area contributed by atoms with Crippen LogP contribution in [0.4, 0.5) is 11.5 Å². The molecule has 1 aromatic heterocycles. The molecule has 1 aromatic carbocycles. The molecule has 1 heterocycles. The summed E-state index contributed by atoms with van der Waals surface area (Å²) in [5, 5.41) is 20.9. The third-order valence-corrected chi connectivity index (χ3v) is 2.98. The molecule has 0 aliphatic rings. The number of carbonyl (C=O) groups is 1. The van der Waals surface area contributed by atoms with Crippen molar-refractivity contribution in [1.29, 1.82) is 5.26 Å². The van der Waals surface area contributed by atoms with Crippen LogP contribution >= 0.6 is 11.6 Å². The molecule has 0 spiro atoms. The van der Waals surface area contributed by atoms with Gasteiger partial charge in [-0.25, -0.2) is 9.78 Å². The molecule has 0 fully saturated rings. The van der Waals surface area contributed by atoms with Gasteiger partial charge >= 0.3 is 5.97 Å². The minimum Gasteiger partial charge on any atom is -0.495 e. The highest BCUT2D eigenvalue weighted by atomic mass is 35.5. The van der Waals surface area contributed by atoms with Gasteiger partial charge < -0.3 is 15.2 Å². The van der Waals surface area contributed by atoms with Gasteiger partial charge in [-0.15, -0.1) is 0 Å². The van der Waals surface area contributed by atoms with Gasteiger partial charge in [0.05, 0.1) is 35.0 Å². The maximum atomic E-state index is 11.0. The largest absolute Gasteiger partial charge is 0.495 e. The van der Waals surface area contributed by atoms with Crippen LogP contribution in [-0.2, 0) is 0 Å². The average Bonchev–Trinajstić information content (AvgIpc) is 2.49. The molecule has 7 heteroatoms. The molecule has 2 aromatic rings. The molecule has 0 aliphatic heterocycles. The van der Waals surface area contributed by atoms with Crippen molar-refractivity contribution in [3.05, 3.63) is 46.6 Å². The number of nitrogens with zero attached hydrogens (tertiary/aromatic N) is 2. The van der Waals surface area contributed by atoms with E-state index in [-0.39, 0.29) is 10.6 Å². The van der Waals surface area contributed by atoms with Crippen molar-refractivity contribution in [2.75, 3.05) is 12.4 Å². The summed E-state index contributed by atoms with van der Waals surface area (Å²) in [6.45, 7) is 0. The third kappa shape index (κ3) is 3.22. The van der Waals surface area contributed by atoms with E-state index >= 15 is 0 Å². The summed E-state index contributed by atoms with van der Waals surface area (Å²) < 4.78 is 5.18. The lowest BCUT2D eigenvalue weighted by Crippen LogP contribution is -2.02. The van der Waals surface area contributed by atoms with Crippen molar-refractivity contribution in [2.45, 2.75) is 0 Å². The quantitative estimate of drug-likeness (QED) is 0.901. The maximum absolute atomic E-state index is 11.0. The van der Waals surface area contributed by atoms with E-state index in [1.165, 1.54) is 19.4 Å². The molecule has 0 saturated carbocycles. The fraction of sp³-hybridized carbons (Fsp3) is 0.0714. The van der Waals surface area contributed by atoms with Gasteiger partial charge in [0.15, 0.2) is 0 Å². The number of ether oxygens (including phenoxy) is 1. The summed E-state index contributed by atoms with van der Waals surface area (Å²) in [6, 6.07) is 8.15. The summed E-state index contributed by atoms with van der Waals surface area (Å²) in [4.78, 5) is 15.0. The van der Waals surface area contributed by atoms with E-state index in [4.69, 9.17) is 26.7 Å².